The van der Waals surface area contributed by atoms with Crippen molar-refractivity contribution in [3.8, 4) is 0 Å². The molecule has 0 aromatic heterocycles. The monoisotopic (exact) mass is 1030 g/mol. The Morgan fingerprint density at radius 1 is 0.293 bits per heavy atom. The Kier molecular flexibility index (Phi) is 58.0. The predicted octanol–water partition coefficient (Wildman–Crippen LogP) is 20.8. The molecule has 0 fully saturated rings. The van der Waals surface area contributed by atoms with Crippen LogP contribution in [0.4, 0.5) is 0 Å². The van der Waals surface area contributed by atoms with E-state index in [-0.39, 0.29) is 31.6 Å². The van der Waals surface area contributed by atoms with Gasteiger partial charge in [0.2, 0.25) is 0 Å². The summed E-state index contributed by atoms with van der Waals surface area (Å²) in [5, 5.41) is 0. The van der Waals surface area contributed by atoms with Gasteiger partial charge < -0.3 is 14.2 Å². The van der Waals surface area contributed by atoms with Crippen LogP contribution in [0.5, 0.6) is 0 Å². The number of esters is 3. The summed E-state index contributed by atoms with van der Waals surface area (Å²) < 4.78 is 16.8. The molecule has 0 saturated carbocycles. The van der Waals surface area contributed by atoms with Crippen molar-refractivity contribution in [2.45, 2.75) is 258 Å². The van der Waals surface area contributed by atoms with Crippen molar-refractivity contribution >= 4 is 17.9 Å². The minimum absolute atomic E-state index is 0.118. The Labute approximate surface area is 461 Å². The first-order chi connectivity index (χ1) is 37.0. The van der Waals surface area contributed by atoms with Gasteiger partial charge in [0.1, 0.15) is 13.2 Å². The molecule has 6 heteroatoms. The number of hydrogen-bond acceptors (Lipinski definition) is 6. The average Bonchev–Trinajstić information content (AvgIpc) is 3.41. The molecular weight excluding hydrogens is 925 g/mol. The van der Waals surface area contributed by atoms with Crippen LogP contribution in [-0.2, 0) is 28.6 Å². The molecule has 75 heavy (non-hydrogen) atoms. The van der Waals surface area contributed by atoms with Crippen LogP contribution >= 0.6 is 0 Å². The van der Waals surface area contributed by atoms with E-state index in [1.54, 1.807) is 6.08 Å². The lowest BCUT2D eigenvalue weighted by Gasteiger charge is -2.18. The summed E-state index contributed by atoms with van der Waals surface area (Å²) in [5.74, 6) is -1.07. The van der Waals surface area contributed by atoms with Crippen LogP contribution in [0.2, 0.25) is 0 Å². The first-order valence-corrected chi connectivity index (χ1v) is 30.3. The van der Waals surface area contributed by atoms with E-state index < -0.39 is 12.1 Å². The third-order valence-corrected chi connectivity index (χ3v) is 12.3. The Morgan fingerprint density at radius 3 is 0.933 bits per heavy atom. The standard InChI is InChI=1S/C69H110O6/c1-4-7-10-13-16-19-22-25-28-30-31-32-33-34-35-36-37-39-41-44-47-50-53-56-59-62-68(71)74-65-66(64-73-67(70)61-58-55-52-49-46-43-40-27-24-21-18-15-12-9-6-3)75-69(72)63-60-57-54-51-48-45-42-38-29-26-23-20-17-14-11-8-5-2/h7,9-10,12,16-21,25-29,31-32,34-35,40,46,49,55,58,66H,4-6,8,11,13-15,22-24,30,33,36-39,41-45,47-48,50-54,56-57,59-65H2,1-3H3/b10-7-,12-9-,19-16-,20-17-,21-18-,28-25-,29-26-,32-31-,35-34-,40-27-,49-46-,58-55-. The largest absolute Gasteiger partial charge is 0.462 e. The molecule has 0 aromatic rings. The number of carbonyl (C=O) groups excluding carboxylic acids is 3. The maximum Gasteiger partial charge on any atom is 0.309 e. The van der Waals surface area contributed by atoms with Crippen molar-refractivity contribution < 1.29 is 28.6 Å². The second-order valence-electron chi connectivity index (χ2n) is 19.5. The summed E-state index contributed by atoms with van der Waals surface area (Å²) in [4.78, 5) is 38.2. The molecule has 1 atom stereocenters. The summed E-state index contributed by atoms with van der Waals surface area (Å²) in [6.07, 6.45) is 88.7. The number of rotatable bonds is 53. The molecule has 0 aliphatic carbocycles. The quantitative estimate of drug-likeness (QED) is 0.0261. The molecule has 6 nitrogen and oxygen atoms in total. The number of carbonyl (C=O) groups is 3. The van der Waals surface area contributed by atoms with Crippen molar-refractivity contribution in [2.24, 2.45) is 0 Å². The molecule has 1 unspecified atom stereocenters. The van der Waals surface area contributed by atoms with Gasteiger partial charge in [-0.25, -0.2) is 0 Å². The van der Waals surface area contributed by atoms with Crippen molar-refractivity contribution in [3.63, 3.8) is 0 Å². The van der Waals surface area contributed by atoms with Crippen LogP contribution in [0.15, 0.2) is 146 Å². The highest BCUT2D eigenvalue weighted by Gasteiger charge is 2.19. The van der Waals surface area contributed by atoms with Crippen LogP contribution in [-0.4, -0.2) is 37.2 Å². The second-order valence-corrected chi connectivity index (χ2v) is 19.5. The van der Waals surface area contributed by atoms with E-state index in [0.717, 1.165) is 122 Å². The van der Waals surface area contributed by atoms with Crippen molar-refractivity contribution in [1.82, 2.24) is 0 Å². The predicted molar refractivity (Wildman–Crippen MR) is 325 cm³/mol. The summed E-state index contributed by atoms with van der Waals surface area (Å²) in [7, 11) is 0. The third kappa shape index (κ3) is 60.0. The fourth-order valence-corrected chi connectivity index (χ4v) is 7.87. The normalized spacial score (nSPS) is 13.2. The molecule has 0 amide bonds. The summed E-state index contributed by atoms with van der Waals surface area (Å²) in [6.45, 7) is 6.28. The molecule has 0 N–H and O–H groups in total. The fraction of sp³-hybridized carbons (Fsp3) is 0.609. The number of unbranched alkanes of at least 4 members (excludes halogenated alkanes) is 19. The van der Waals surface area contributed by atoms with E-state index in [9.17, 15) is 14.4 Å². The fourth-order valence-electron chi connectivity index (χ4n) is 7.87. The summed E-state index contributed by atoms with van der Waals surface area (Å²) in [6, 6.07) is 0. The Bertz CT molecular complexity index is 1660. The maximum atomic E-state index is 12.9. The molecule has 0 bridgehead atoms. The van der Waals surface area contributed by atoms with E-state index in [0.29, 0.717) is 12.8 Å². The van der Waals surface area contributed by atoms with Gasteiger partial charge in [-0.15, -0.1) is 0 Å². The van der Waals surface area contributed by atoms with Gasteiger partial charge in [-0.2, -0.15) is 0 Å². The topological polar surface area (TPSA) is 78.9 Å². The molecule has 0 aromatic carbocycles. The zero-order chi connectivity index (χ0) is 54.3. The zero-order valence-electron chi connectivity index (χ0n) is 48.3. The third-order valence-electron chi connectivity index (χ3n) is 12.3. The van der Waals surface area contributed by atoms with Crippen LogP contribution in [0, 0.1) is 0 Å². The molecule has 0 aliphatic heterocycles. The van der Waals surface area contributed by atoms with E-state index in [1.165, 1.54) is 89.9 Å². The zero-order valence-corrected chi connectivity index (χ0v) is 48.3. The molecule has 0 aliphatic rings. The SMILES string of the molecule is CC/C=C\C/C=C\C/C=C\C/C=C\C/C=C\CCCCCCCCCCCC(=O)OCC(COC(=O)C/C=C\C/C=C\C/C=C\C/C=C\C/C=C\CC)OC(=O)CCCCCCCCC/C=C\C/C=C\CCCCC. The van der Waals surface area contributed by atoms with Gasteiger partial charge in [-0.05, 0) is 122 Å². The van der Waals surface area contributed by atoms with Crippen LogP contribution < -0.4 is 0 Å². The number of allylic oxidation sites excluding steroid dienone is 23. The second kappa shape index (κ2) is 61.8. The van der Waals surface area contributed by atoms with Crippen LogP contribution in [0.3, 0.4) is 0 Å². The first kappa shape index (κ1) is 70.3. The van der Waals surface area contributed by atoms with Gasteiger partial charge in [-0.1, -0.05) is 256 Å². The molecule has 0 spiro atoms. The lowest BCUT2D eigenvalue weighted by atomic mass is 10.1. The molecule has 0 rings (SSSR count). The minimum Gasteiger partial charge on any atom is -0.462 e. The lowest BCUT2D eigenvalue weighted by molar-refractivity contribution is -0.166. The number of ether oxygens (including phenoxy) is 3. The summed E-state index contributed by atoms with van der Waals surface area (Å²) >= 11 is 0. The van der Waals surface area contributed by atoms with Gasteiger partial charge in [0.25, 0.3) is 0 Å². The van der Waals surface area contributed by atoms with E-state index >= 15 is 0 Å². The molecular formula is C69H110O6. The maximum absolute atomic E-state index is 12.9. The molecule has 0 radical (unpaired) electrons. The van der Waals surface area contributed by atoms with Crippen LogP contribution in [0.25, 0.3) is 0 Å². The Balaban J connectivity index is 4.46. The minimum atomic E-state index is -0.832. The summed E-state index contributed by atoms with van der Waals surface area (Å²) in [5.41, 5.74) is 0. The van der Waals surface area contributed by atoms with Gasteiger partial charge in [0, 0.05) is 12.8 Å². The van der Waals surface area contributed by atoms with Crippen molar-refractivity contribution in [3.05, 3.63) is 146 Å². The highest BCUT2D eigenvalue weighted by molar-refractivity contribution is 5.72. The van der Waals surface area contributed by atoms with Gasteiger partial charge in [0.05, 0.1) is 6.42 Å². The lowest BCUT2D eigenvalue weighted by Crippen LogP contribution is -2.30. The van der Waals surface area contributed by atoms with E-state index in [1.807, 2.05) is 6.08 Å². The van der Waals surface area contributed by atoms with Gasteiger partial charge in [0.15, 0.2) is 6.10 Å². The molecule has 0 heterocycles. The van der Waals surface area contributed by atoms with Crippen LogP contribution in [0.1, 0.15) is 252 Å². The average molecular weight is 1040 g/mol. The highest BCUT2D eigenvalue weighted by atomic mass is 16.6. The van der Waals surface area contributed by atoms with Crippen molar-refractivity contribution in [2.75, 3.05) is 13.2 Å². The van der Waals surface area contributed by atoms with Gasteiger partial charge >= 0.3 is 17.9 Å². The van der Waals surface area contributed by atoms with Gasteiger partial charge in [-0.3, -0.25) is 14.4 Å². The highest BCUT2D eigenvalue weighted by Crippen LogP contribution is 2.14. The first-order valence-electron chi connectivity index (χ1n) is 30.3. The number of hydrogen-bond donors (Lipinski definition) is 0. The Hall–Kier alpha value is -4.71. The molecule has 0 saturated heterocycles. The Morgan fingerprint density at radius 2 is 0.573 bits per heavy atom. The molecule has 422 valence electrons. The van der Waals surface area contributed by atoms with E-state index in [2.05, 4.69) is 154 Å². The smallest absolute Gasteiger partial charge is 0.309 e. The van der Waals surface area contributed by atoms with E-state index in [4.69, 9.17) is 14.2 Å². The van der Waals surface area contributed by atoms with Crippen molar-refractivity contribution in [1.29, 1.82) is 0 Å².